The zero-order valence-corrected chi connectivity index (χ0v) is 13.8. The molecule has 0 unspecified atom stereocenters. The molecule has 2 aromatic rings. The molecular weight excluding hydrogens is 322 g/mol. The molecule has 0 spiro atoms. The average Bonchev–Trinajstić information content (AvgIpc) is 3.19. The molecule has 1 N–H and O–H groups in total. The lowest BCUT2D eigenvalue weighted by Gasteiger charge is -2.22. The Hall–Kier alpha value is -1.80. The van der Waals surface area contributed by atoms with Gasteiger partial charge in [-0.3, -0.25) is 9.59 Å². The van der Waals surface area contributed by atoms with Crippen LogP contribution < -0.4 is 5.32 Å². The second-order valence-corrected chi connectivity index (χ2v) is 7.18. The first kappa shape index (κ1) is 15.1. The fourth-order valence-corrected chi connectivity index (χ4v) is 4.04. The number of furan rings is 1. The number of thioether (sulfide) groups is 1. The summed E-state index contributed by atoms with van der Waals surface area (Å²) >= 11 is 2.98. The number of hydrogen-bond donors (Lipinski definition) is 1. The Labute approximate surface area is 135 Å². The van der Waals surface area contributed by atoms with Crippen LogP contribution in [-0.4, -0.2) is 39.4 Å². The monoisotopic (exact) mass is 337 g/mol. The molecule has 3 heterocycles. The number of nitrogens with one attached hydrogen (secondary N) is 1. The minimum Gasteiger partial charge on any atom is -0.469 e. The molecule has 8 heteroatoms. The molecule has 1 atom stereocenters. The Balaban J connectivity index is 1.74. The van der Waals surface area contributed by atoms with E-state index in [9.17, 15) is 9.59 Å². The van der Waals surface area contributed by atoms with Gasteiger partial charge in [-0.1, -0.05) is 0 Å². The van der Waals surface area contributed by atoms with E-state index in [0.29, 0.717) is 28.1 Å². The van der Waals surface area contributed by atoms with Crippen molar-refractivity contribution in [2.45, 2.75) is 19.9 Å². The summed E-state index contributed by atoms with van der Waals surface area (Å²) < 4.78 is 5.18. The molecule has 1 fully saturated rings. The fourth-order valence-electron chi connectivity index (χ4n) is 2.22. The Morgan fingerprint density at radius 1 is 1.45 bits per heavy atom. The lowest BCUT2D eigenvalue weighted by atomic mass is 10.2. The standard InChI is InChI=1S/C14H15N3O3S2/c1-8-5-15-14(22-8)16-12(18)11-6-21-7-17(11)13(19)10-3-4-20-9(10)2/h3-5,11H,6-7H2,1-2H3,(H,15,16,18)/t11-/m0/s1. The molecule has 0 aliphatic carbocycles. The van der Waals surface area contributed by atoms with Gasteiger partial charge in [-0.25, -0.2) is 4.98 Å². The van der Waals surface area contributed by atoms with Gasteiger partial charge in [0.15, 0.2) is 5.13 Å². The van der Waals surface area contributed by atoms with Crippen LogP contribution in [0.15, 0.2) is 22.9 Å². The summed E-state index contributed by atoms with van der Waals surface area (Å²) in [6, 6.07) is 1.15. The van der Waals surface area contributed by atoms with E-state index in [1.807, 2.05) is 6.92 Å². The average molecular weight is 337 g/mol. The highest BCUT2D eigenvalue weighted by Crippen LogP contribution is 2.26. The summed E-state index contributed by atoms with van der Waals surface area (Å²) in [6.45, 7) is 3.67. The minimum absolute atomic E-state index is 0.174. The van der Waals surface area contributed by atoms with Crippen molar-refractivity contribution < 1.29 is 14.0 Å². The van der Waals surface area contributed by atoms with Crippen molar-refractivity contribution in [3.8, 4) is 0 Å². The third-order valence-electron chi connectivity index (χ3n) is 3.39. The van der Waals surface area contributed by atoms with Crippen LogP contribution in [0.5, 0.6) is 0 Å². The molecule has 1 aliphatic rings. The maximum absolute atomic E-state index is 12.6. The van der Waals surface area contributed by atoms with Crippen molar-refractivity contribution >= 4 is 40.0 Å². The van der Waals surface area contributed by atoms with Crippen LogP contribution in [0.25, 0.3) is 0 Å². The molecule has 2 aromatic heterocycles. The summed E-state index contributed by atoms with van der Waals surface area (Å²) in [7, 11) is 0. The van der Waals surface area contributed by atoms with Crippen LogP contribution in [0.3, 0.4) is 0 Å². The first-order chi connectivity index (χ1) is 10.6. The van der Waals surface area contributed by atoms with Crippen LogP contribution in [0.4, 0.5) is 5.13 Å². The van der Waals surface area contributed by atoms with Crippen molar-refractivity contribution in [3.05, 3.63) is 34.7 Å². The molecule has 0 aromatic carbocycles. The van der Waals surface area contributed by atoms with Crippen molar-refractivity contribution in [2.24, 2.45) is 0 Å². The molecule has 0 radical (unpaired) electrons. The van der Waals surface area contributed by atoms with Gasteiger partial charge in [0.25, 0.3) is 5.91 Å². The van der Waals surface area contributed by atoms with Crippen LogP contribution in [-0.2, 0) is 4.79 Å². The first-order valence-electron chi connectivity index (χ1n) is 6.72. The zero-order valence-electron chi connectivity index (χ0n) is 12.2. The number of amides is 2. The molecule has 0 saturated carbocycles. The van der Waals surface area contributed by atoms with E-state index in [-0.39, 0.29) is 11.8 Å². The Bertz CT molecular complexity index is 710. The lowest BCUT2D eigenvalue weighted by molar-refractivity contribution is -0.119. The van der Waals surface area contributed by atoms with E-state index < -0.39 is 6.04 Å². The topological polar surface area (TPSA) is 75.4 Å². The molecule has 3 rings (SSSR count). The van der Waals surface area contributed by atoms with E-state index >= 15 is 0 Å². The maximum atomic E-state index is 12.6. The van der Waals surface area contributed by atoms with Gasteiger partial charge in [0.2, 0.25) is 5.91 Å². The lowest BCUT2D eigenvalue weighted by Crippen LogP contribution is -2.44. The van der Waals surface area contributed by atoms with E-state index in [4.69, 9.17) is 4.42 Å². The number of anilines is 1. The number of aryl methyl sites for hydroxylation is 2. The van der Waals surface area contributed by atoms with E-state index in [1.165, 1.54) is 17.6 Å². The molecule has 1 saturated heterocycles. The van der Waals surface area contributed by atoms with Crippen LogP contribution >= 0.6 is 23.1 Å². The van der Waals surface area contributed by atoms with Crippen molar-refractivity contribution in [3.63, 3.8) is 0 Å². The molecular formula is C14H15N3O3S2. The van der Waals surface area contributed by atoms with Gasteiger partial charge in [0, 0.05) is 16.8 Å². The van der Waals surface area contributed by atoms with E-state index in [1.54, 1.807) is 35.8 Å². The Morgan fingerprint density at radius 2 is 2.27 bits per heavy atom. The third-order valence-corrected chi connectivity index (χ3v) is 5.23. The molecule has 6 nitrogen and oxygen atoms in total. The van der Waals surface area contributed by atoms with Crippen molar-refractivity contribution in [1.82, 2.24) is 9.88 Å². The van der Waals surface area contributed by atoms with Crippen LogP contribution in [0.1, 0.15) is 21.0 Å². The van der Waals surface area contributed by atoms with Gasteiger partial charge in [0.1, 0.15) is 11.8 Å². The van der Waals surface area contributed by atoms with Crippen molar-refractivity contribution in [1.29, 1.82) is 0 Å². The van der Waals surface area contributed by atoms with Gasteiger partial charge >= 0.3 is 0 Å². The van der Waals surface area contributed by atoms with Gasteiger partial charge in [-0.05, 0) is 19.9 Å². The highest BCUT2D eigenvalue weighted by atomic mass is 32.2. The Morgan fingerprint density at radius 3 is 2.91 bits per heavy atom. The number of aromatic nitrogens is 1. The summed E-state index contributed by atoms with van der Waals surface area (Å²) in [4.78, 5) is 31.7. The highest BCUT2D eigenvalue weighted by molar-refractivity contribution is 7.99. The van der Waals surface area contributed by atoms with Crippen LogP contribution in [0, 0.1) is 13.8 Å². The number of thiazole rings is 1. The Kier molecular flexibility index (Phi) is 4.21. The summed E-state index contributed by atoms with van der Waals surface area (Å²) in [6.07, 6.45) is 3.20. The number of nitrogens with zero attached hydrogens (tertiary/aromatic N) is 2. The molecule has 1 aliphatic heterocycles. The first-order valence-corrected chi connectivity index (χ1v) is 8.69. The number of carbonyl (C=O) groups excluding carboxylic acids is 2. The normalized spacial score (nSPS) is 17.7. The van der Waals surface area contributed by atoms with Gasteiger partial charge in [0.05, 0.1) is 17.7 Å². The summed E-state index contributed by atoms with van der Waals surface area (Å²) in [5.41, 5.74) is 0.505. The number of rotatable bonds is 3. The SMILES string of the molecule is Cc1cnc(NC(=O)[C@@H]2CSCN2C(=O)c2ccoc2C)s1. The largest absolute Gasteiger partial charge is 0.469 e. The number of hydrogen-bond acceptors (Lipinski definition) is 6. The molecule has 116 valence electrons. The fraction of sp³-hybridized carbons (Fsp3) is 0.357. The second-order valence-electron chi connectivity index (χ2n) is 4.95. The minimum atomic E-state index is -0.490. The van der Waals surface area contributed by atoms with Gasteiger partial charge in [-0.15, -0.1) is 23.1 Å². The predicted octanol–water partition coefficient (Wildman–Crippen LogP) is 2.51. The van der Waals surface area contributed by atoms with E-state index in [0.717, 1.165) is 4.88 Å². The summed E-state index contributed by atoms with van der Waals surface area (Å²) in [5, 5.41) is 3.35. The molecule has 2 amide bonds. The van der Waals surface area contributed by atoms with E-state index in [2.05, 4.69) is 10.3 Å². The maximum Gasteiger partial charge on any atom is 0.258 e. The van der Waals surface area contributed by atoms with Crippen LogP contribution in [0.2, 0.25) is 0 Å². The number of carbonyl (C=O) groups is 2. The van der Waals surface area contributed by atoms with Gasteiger partial charge in [-0.2, -0.15) is 0 Å². The molecule has 0 bridgehead atoms. The highest BCUT2D eigenvalue weighted by Gasteiger charge is 2.36. The van der Waals surface area contributed by atoms with Crippen molar-refractivity contribution in [2.75, 3.05) is 16.9 Å². The summed E-state index contributed by atoms with van der Waals surface area (Å²) in [5.74, 6) is 1.27. The molecule has 22 heavy (non-hydrogen) atoms. The second kappa shape index (κ2) is 6.13. The smallest absolute Gasteiger partial charge is 0.258 e. The third kappa shape index (κ3) is 2.89. The van der Waals surface area contributed by atoms with Gasteiger partial charge < -0.3 is 14.6 Å². The zero-order chi connectivity index (χ0) is 15.7. The predicted molar refractivity (Wildman–Crippen MR) is 86.2 cm³/mol. The quantitative estimate of drug-likeness (QED) is 0.931.